The smallest absolute Gasteiger partial charge is 0.259 e. The summed E-state index contributed by atoms with van der Waals surface area (Å²) < 4.78 is 39.3. The van der Waals surface area contributed by atoms with Crippen molar-refractivity contribution >= 4 is 23.1 Å². The first-order valence-electron chi connectivity index (χ1n) is 16.0. The number of methoxy groups -OCH3 is 7. The van der Waals surface area contributed by atoms with E-state index in [1.165, 1.54) is 42.7 Å². The molecule has 0 unspecified atom stereocenters. The second kappa shape index (κ2) is 14.3. The Hall–Kier alpha value is -5.84. The maximum atomic E-state index is 15.1. The third kappa shape index (κ3) is 5.99. The normalized spacial score (nSPS) is 16.7. The second-order valence-corrected chi connectivity index (χ2v) is 11.8. The predicted octanol–water partition coefficient (Wildman–Crippen LogP) is 6.96. The topological polar surface area (TPSA) is 114 Å². The largest absolute Gasteiger partial charge is 0.497 e. The number of rotatable bonds is 10. The van der Waals surface area contributed by atoms with Gasteiger partial charge in [0.05, 0.1) is 67.2 Å². The van der Waals surface area contributed by atoms with Gasteiger partial charge in [-0.25, -0.2) is 0 Å². The molecule has 1 N–H and O–H groups in total. The number of anilines is 2. The molecule has 11 heteroatoms. The lowest BCUT2D eigenvalue weighted by Gasteiger charge is -2.35. The molecule has 4 aromatic rings. The van der Waals surface area contributed by atoms with Crippen molar-refractivity contribution in [2.24, 2.45) is 0 Å². The molecule has 1 aliphatic carbocycles. The van der Waals surface area contributed by atoms with E-state index in [9.17, 15) is 4.79 Å². The van der Waals surface area contributed by atoms with Crippen LogP contribution in [0.5, 0.6) is 40.2 Å². The molecule has 50 heavy (non-hydrogen) atoms. The van der Waals surface area contributed by atoms with Crippen molar-refractivity contribution in [3.8, 4) is 40.2 Å². The molecule has 1 heterocycles. The summed E-state index contributed by atoms with van der Waals surface area (Å²) in [7, 11) is 10.7. The second-order valence-electron chi connectivity index (χ2n) is 11.8. The minimum absolute atomic E-state index is 0.103. The van der Waals surface area contributed by atoms with Crippen molar-refractivity contribution in [3.63, 3.8) is 0 Å². The van der Waals surface area contributed by atoms with Crippen LogP contribution in [-0.2, 0) is 4.79 Å². The first-order chi connectivity index (χ1) is 24.3. The van der Waals surface area contributed by atoms with Crippen LogP contribution in [0.3, 0.4) is 0 Å². The van der Waals surface area contributed by atoms with Crippen LogP contribution in [0.25, 0.3) is 0 Å². The highest BCUT2D eigenvalue weighted by molar-refractivity contribution is 6.12. The molecule has 4 aromatic carbocycles. The number of carbonyl (C=O) groups is 2. The van der Waals surface area contributed by atoms with Gasteiger partial charge in [0.25, 0.3) is 5.91 Å². The molecule has 0 saturated heterocycles. The minimum Gasteiger partial charge on any atom is -0.497 e. The molecular weight excluding hydrogens is 640 g/mol. The molecule has 2 aliphatic rings. The fourth-order valence-corrected chi connectivity index (χ4v) is 6.84. The van der Waals surface area contributed by atoms with Crippen LogP contribution >= 0.6 is 0 Å². The summed E-state index contributed by atoms with van der Waals surface area (Å²) >= 11 is 0. The summed E-state index contributed by atoms with van der Waals surface area (Å²) in [5.41, 5.74) is 4.26. The number of allylic oxidation sites excluding steroid dienone is 1. The van der Waals surface area contributed by atoms with Gasteiger partial charge in [0.15, 0.2) is 28.8 Å². The van der Waals surface area contributed by atoms with E-state index in [1.807, 2.05) is 48.5 Å². The first kappa shape index (κ1) is 34.0. The van der Waals surface area contributed by atoms with Crippen LogP contribution < -0.4 is 43.4 Å². The highest BCUT2D eigenvalue weighted by Gasteiger charge is 2.43. The van der Waals surface area contributed by atoms with Gasteiger partial charge in [-0.05, 0) is 72.0 Å². The zero-order valence-electron chi connectivity index (χ0n) is 29.1. The number of benzene rings is 4. The fraction of sp³-hybridized carbons (Fsp3) is 0.282. The summed E-state index contributed by atoms with van der Waals surface area (Å²) in [4.78, 5) is 31.4. The van der Waals surface area contributed by atoms with Crippen molar-refractivity contribution in [1.29, 1.82) is 0 Å². The molecule has 0 spiro atoms. The molecule has 0 aromatic heterocycles. The van der Waals surface area contributed by atoms with Gasteiger partial charge >= 0.3 is 0 Å². The molecule has 0 saturated carbocycles. The van der Waals surface area contributed by atoms with E-state index in [0.29, 0.717) is 69.1 Å². The Labute approximate surface area is 291 Å². The van der Waals surface area contributed by atoms with Gasteiger partial charge in [-0.3, -0.25) is 14.5 Å². The Bertz CT molecular complexity index is 1900. The predicted molar refractivity (Wildman–Crippen MR) is 189 cm³/mol. The van der Waals surface area contributed by atoms with Crippen molar-refractivity contribution in [2.45, 2.75) is 24.8 Å². The Morgan fingerprint density at radius 3 is 1.76 bits per heavy atom. The van der Waals surface area contributed by atoms with Crippen molar-refractivity contribution < 1.29 is 42.7 Å². The van der Waals surface area contributed by atoms with E-state index >= 15 is 4.79 Å². The molecule has 260 valence electrons. The fourth-order valence-electron chi connectivity index (χ4n) is 6.84. The number of Topliss-reactive ketones (excluding diaryl/α,β-unsaturated/α-hetero) is 1. The molecular formula is C39H40N2O9. The zero-order valence-corrected chi connectivity index (χ0v) is 29.1. The van der Waals surface area contributed by atoms with E-state index in [2.05, 4.69) is 5.32 Å². The number of amides is 1. The molecule has 0 fully saturated rings. The lowest BCUT2D eigenvalue weighted by molar-refractivity contribution is -0.116. The maximum Gasteiger partial charge on any atom is 0.259 e. The number of ether oxygens (including phenoxy) is 7. The summed E-state index contributed by atoms with van der Waals surface area (Å²) in [6, 6.07) is 21.1. The molecule has 0 radical (unpaired) electrons. The van der Waals surface area contributed by atoms with E-state index in [0.717, 1.165) is 11.3 Å². The number of hydrogen-bond acceptors (Lipinski definition) is 10. The van der Waals surface area contributed by atoms with Crippen LogP contribution in [0.2, 0.25) is 0 Å². The Morgan fingerprint density at radius 1 is 0.660 bits per heavy atom. The van der Waals surface area contributed by atoms with Crippen LogP contribution in [0.4, 0.5) is 11.4 Å². The standard InChI is InChI=1S/C39H40N2O9/c1-44-26-14-12-22(13-15-26)23-16-28-35(30(42)17-23)36(24-18-31(45-2)37(49-6)32(19-24)46-3)41(29-11-9-8-10-27(29)40-28)39(43)25-20-33(47-4)38(50-7)34(21-25)48-5/h8-15,18-21,23,36,40H,16-17H2,1-7H3/t23-,36+/m0/s1. The number of hydrogen-bond donors (Lipinski definition) is 1. The monoisotopic (exact) mass is 680 g/mol. The quantitative estimate of drug-likeness (QED) is 0.189. The van der Waals surface area contributed by atoms with Gasteiger partial charge in [0, 0.05) is 23.3 Å². The third-order valence-corrected chi connectivity index (χ3v) is 9.21. The molecule has 1 aliphatic heterocycles. The lowest BCUT2D eigenvalue weighted by Crippen LogP contribution is -2.38. The molecule has 0 bridgehead atoms. The molecule has 2 atom stereocenters. The number of carbonyl (C=O) groups excluding carboxylic acids is 2. The van der Waals surface area contributed by atoms with Gasteiger partial charge in [-0.1, -0.05) is 24.3 Å². The number of nitrogens with zero attached hydrogens (tertiary/aromatic N) is 1. The van der Waals surface area contributed by atoms with E-state index in [4.69, 9.17) is 33.2 Å². The Kier molecular flexibility index (Phi) is 9.76. The summed E-state index contributed by atoms with van der Waals surface area (Å²) in [5.74, 6) is 2.26. The van der Waals surface area contributed by atoms with Gasteiger partial charge in [0.2, 0.25) is 11.5 Å². The summed E-state index contributed by atoms with van der Waals surface area (Å²) in [6.07, 6.45) is 0.755. The van der Waals surface area contributed by atoms with Crippen LogP contribution in [0.1, 0.15) is 46.3 Å². The number of para-hydroxylation sites is 2. The number of ketones is 1. The van der Waals surface area contributed by atoms with Gasteiger partial charge in [-0.15, -0.1) is 0 Å². The maximum absolute atomic E-state index is 15.1. The highest BCUT2D eigenvalue weighted by Crippen LogP contribution is 2.51. The number of fused-ring (bicyclic) bond motifs is 1. The van der Waals surface area contributed by atoms with Crippen LogP contribution in [0.15, 0.2) is 84.1 Å². The summed E-state index contributed by atoms with van der Waals surface area (Å²) in [5, 5.41) is 3.58. The summed E-state index contributed by atoms with van der Waals surface area (Å²) in [6.45, 7) is 0. The van der Waals surface area contributed by atoms with Crippen molar-refractivity contribution in [2.75, 3.05) is 60.0 Å². The van der Waals surface area contributed by atoms with Crippen molar-refractivity contribution in [3.05, 3.63) is 101 Å². The third-order valence-electron chi connectivity index (χ3n) is 9.21. The molecule has 1 amide bonds. The SMILES string of the molecule is COc1ccc([C@@H]2CC(=O)C3=C(C2)Nc2ccccc2N(C(=O)c2cc(OC)c(OC)c(OC)c2)[C@@H]3c2cc(OC)c(OC)c(OC)c2)cc1. The van der Waals surface area contributed by atoms with Crippen LogP contribution in [0, 0.1) is 0 Å². The average molecular weight is 681 g/mol. The van der Waals surface area contributed by atoms with Gasteiger partial charge < -0.3 is 38.5 Å². The molecule has 6 rings (SSSR count). The van der Waals surface area contributed by atoms with E-state index < -0.39 is 11.9 Å². The first-order valence-corrected chi connectivity index (χ1v) is 16.0. The van der Waals surface area contributed by atoms with E-state index in [1.54, 1.807) is 36.3 Å². The van der Waals surface area contributed by atoms with Crippen molar-refractivity contribution in [1.82, 2.24) is 0 Å². The zero-order chi connectivity index (χ0) is 35.5. The Morgan fingerprint density at radius 2 is 1.22 bits per heavy atom. The Balaban J connectivity index is 1.61. The average Bonchev–Trinajstić information content (AvgIpc) is 3.31. The van der Waals surface area contributed by atoms with Crippen LogP contribution in [-0.4, -0.2) is 61.5 Å². The minimum atomic E-state index is -0.911. The van der Waals surface area contributed by atoms with Gasteiger partial charge in [-0.2, -0.15) is 0 Å². The highest BCUT2D eigenvalue weighted by atomic mass is 16.5. The van der Waals surface area contributed by atoms with E-state index in [-0.39, 0.29) is 23.7 Å². The number of nitrogens with one attached hydrogen (secondary N) is 1. The van der Waals surface area contributed by atoms with Gasteiger partial charge in [0.1, 0.15) is 5.75 Å². The molecule has 11 nitrogen and oxygen atoms in total. The lowest BCUT2D eigenvalue weighted by atomic mass is 9.78.